The fraction of sp³-hybridized carbons (Fsp3) is 0.455. The van der Waals surface area contributed by atoms with Gasteiger partial charge < -0.3 is 5.73 Å². The van der Waals surface area contributed by atoms with Crippen LogP contribution in [0.1, 0.15) is 6.92 Å². The van der Waals surface area contributed by atoms with E-state index < -0.39 is 15.8 Å². The Morgan fingerprint density at radius 2 is 2.22 bits per heavy atom. The predicted molar refractivity (Wildman–Crippen MR) is 71.5 cm³/mol. The highest BCUT2D eigenvalue weighted by Gasteiger charge is 2.29. The van der Waals surface area contributed by atoms with Gasteiger partial charge in [-0.05, 0) is 18.2 Å². The van der Waals surface area contributed by atoms with Gasteiger partial charge in [0.1, 0.15) is 5.82 Å². The summed E-state index contributed by atoms with van der Waals surface area (Å²) in [4.78, 5) is -0.0340. The lowest BCUT2D eigenvalue weighted by Crippen LogP contribution is -2.40. The van der Waals surface area contributed by atoms with E-state index in [1.54, 1.807) is 11.8 Å². The van der Waals surface area contributed by atoms with Crippen molar-refractivity contribution >= 4 is 27.5 Å². The monoisotopic (exact) mass is 290 g/mol. The third-order valence-corrected chi connectivity index (χ3v) is 5.81. The van der Waals surface area contributed by atoms with Crippen molar-refractivity contribution in [2.24, 2.45) is 0 Å². The predicted octanol–water partition coefficient (Wildman–Crippen LogP) is 1.53. The molecule has 0 aromatic heterocycles. The molecular weight excluding hydrogens is 275 g/mol. The molecule has 2 N–H and O–H groups in total. The SMILES string of the molecule is CC1CN(S(=O)(=O)c2ccc(N)c(F)c2)CCS1. The highest BCUT2D eigenvalue weighted by molar-refractivity contribution is 8.00. The average molecular weight is 290 g/mol. The second kappa shape index (κ2) is 5.07. The van der Waals surface area contributed by atoms with E-state index in [1.165, 1.54) is 16.4 Å². The van der Waals surface area contributed by atoms with Crippen molar-refractivity contribution in [2.45, 2.75) is 17.1 Å². The summed E-state index contributed by atoms with van der Waals surface area (Å²) in [5, 5.41) is 0.257. The smallest absolute Gasteiger partial charge is 0.243 e. The Bertz CT molecular complexity index is 548. The molecule has 1 atom stereocenters. The summed E-state index contributed by atoms with van der Waals surface area (Å²) < 4.78 is 39.4. The molecule has 1 aliphatic rings. The highest BCUT2D eigenvalue weighted by atomic mass is 32.2. The Balaban J connectivity index is 2.32. The molecule has 2 rings (SSSR count). The van der Waals surface area contributed by atoms with Gasteiger partial charge in [-0.3, -0.25) is 0 Å². The van der Waals surface area contributed by atoms with Crippen LogP contribution < -0.4 is 5.73 Å². The summed E-state index contributed by atoms with van der Waals surface area (Å²) in [6.45, 7) is 2.90. The standard InChI is InChI=1S/C11H15FN2O2S2/c1-8-7-14(4-5-17-8)18(15,16)9-2-3-11(13)10(12)6-9/h2-3,6,8H,4-5,7,13H2,1H3. The maximum Gasteiger partial charge on any atom is 0.243 e. The third kappa shape index (κ3) is 2.62. The molecule has 0 aliphatic carbocycles. The second-order valence-electron chi connectivity index (χ2n) is 4.23. The Morgan fingerprint density at radius 3 is 2.83 bits per heavy atom. The molecule has 18 heavy (non-hydrogen) atoms. The zero-order valence-corrected chi connectivity index (χ0v) is 11.6. The van der Waals surface area contributed by atoms with Gasteiger partial charge in [0, 0.05) is 24.1 Å². The van der Waals surface area contributed by atoms with Crippen LogP contribution in [0, 0.1) is 5.82 Å². The molecular formula is C11H15FN2O2S2. The zero-order valence-electron chi connectivity index (χ0n) is 9.97. The van der Waals surface area contributed by atoms with Crippen molar-refractivity contribution in [3.8, 4) is 0 Å². The van der Waals surface area contributed by atoms with Gasteiger partial charge >= 0.3 is 0 Å². The van der Waals surface area contributed by atoms with Crippen molar-refractivity contribution < 1.29 is 12.8 Å². The molecule has 4 nitrogen and oxygen atoms in total. The lowest BCUT2D eigenvalue weighted by molar-refractivity contribution is 0.424. The van der Waals surface area contributed by atoms with Crippen LogP contribution >= 0.6 is 11.8 Å². The van der Waals surface area contributed by atoms with Gasteiger partial charge in [0.15, 0.2) is 0 Å². The van der Waals surface area contributed by atoms with Gasteiger partial charge in [-0.15, -0.1) is 0 Å². The molecule has 7 heteroatoms. The maximum absolute atomic E-state index is 13.3. The number of rotatable bonds is 2. The van der Waals surface area contributed by atoms with E-state index in [0.717, 1.165) is 11.8 Å². The number of anilines is 1. The zero-order chi connectivity index (χ0) is 13.3. The van der Waals surface area contributed by atoms with E-state index >= 15 is 0 Å². The van der Waals surface area contributed by atoms with Gasteiger partial charge in [0.2, 0.25) is 10.0 Å². The molecule has 1 aromatic rings. The van der Waals surface area contributed by atoms with Crippen molar-refractivity contribution in [3.63, 3.8) is 0 Å². The van der Waals surface area contributed by atoms with E-state index in [-0.39, 0.29) is 15.8 Å². The Morgan fingerprint density at radius 1 is 1.50 bits per heavy atom. The molecule has 0 amide bonds. The van der Waals surface area contributed by atoms with Crippen LogP contribution in [0.4, 0.5) is 10.1 Å². The van der Waals surface area contributed by atoms with E-state index in [9.17, 15) is 12.8 Å². The van der Waals surface area contributed by atoms with Gasteiger partial charge in [-0.1, -0.05) is 6.92 Å². The van der Waals surface area contributed by atoms with E-state index in [2.05, 4.69) is 0 Å². The number of sulfonamides is 1. The minimum Gasteiger partial charge on any atom is -0.396 e. The Kier molecular flexibility index (Phi) is 3.84. The van der Waals surface area contributed by atoms with Gasteiger partial charge in [-0.25, -0.2) is 12.8 Å². The van der Waals surface area contributed by atoms with Crippen LogP contribution in [0.2, 0.25) is 0 Å². The summed E-state index contributed by atoms with van der Waals surface area (Å²) in [5.41, 5.74) is 5.30. The molecule has 1 aromatic carbocycles. The first-order valence-electron chi connectivity index (χ1n) is 5.58. The minimum absolute atomic E-state index is 0.0340. The molecule has 1 unspecified atom stereocenters. The number of benzene rings is 1. The number of thioether (sulfide) groups is 1. The molecule has 100 valence electrons. The van der Waals surface area contributed by atoms with Crippen molar-refractivity contribution in [1.29, 1.82) is 0 Å². The minimum atomic E-state index is -3.61. The Labute approximate surface area is 110 Å². The molecule has 0 bridgehead atoms. The van der Waals surface area contributed by atoms with Gasteiger partial charge in [0.25, 0.3) is 0 Å². The van der Waals surface area contributed by atoms with Crippen LogP contribution in [-0.4, -0.2) is 36.8 Å². The molecule has 0 radical (unpaired) electrons. The van der Waals surface area contributed by atoms with Crippen molar-refractivity contribution in [1.82, 2.24) is 4.31 Å². The van der Waals surface area contributed by atoms with Crippen LogP contribution in [0.3, 0.4) is 0 Å². The number of nitrogens with zero attached hydrogens (tertiary/aromatic N) is 1. The van der Waals surface area contributed by atoms with E-state index in [4.69, 9.17) is 5.73 Å². The maximum atomic E-state index is 13.3. The van der Waals surface area contributed by atoms with E-state index in [0.29, 0.717) is 13.1 Å². The summed E-state index contributed by atoms with van der Waals surface area (Å²) in [7, 11) is -3.61. The first-order chi connectivity index (χ1) is 8.41. The average Bonchev–Trinajstić information content (AvgIpc) is 2.32. The van der Waals surface area contributed by atoms with E-state index in [1.807, 2.05) is 6.92 Å². The molecule has 1 saturated heterocycles. The fourth-order valence-electron chi connectivity index (χ4n) is 1.82. The van der Waals surface area contributed by atoms with Gasteiger partial charge in [0.05, 0.1) is 10.6 Å². The second-order valence-corrected chi connectivity index (χ2v) is 7.71. The van der Waals surface area contributed by atoms with Crippen LogP contribution in [0.5, 0.6) is 0 Å². The normalized spacial score (nSPS) is 22.0. The van der Waals surface area contributed by atoms with Crippen molar-refractivity contribution in [2.75, 3.05) is 24.6 Å². The summed E-state index contributed by atoms with van der Waals surface area (Å²) in [6.07, 6.45) is 0. The molecule has 0 spiro atoms. The number of hydrogen-bond donors (Lipinski definition) is 1. The highest BCUT2D eigenvalue weighted by Crippen LogP contribution is 2.25. The summed E-state index contributed by atoms with van der Waals surface area (Å²) >= 11 is 1.74. The summed E-state index contributed by atoms with van der Waals surface area (Å²) in [6, 6.07) is 3.61. The van der Waals surface area contributed by atoms with Gasteiger partial charge in [-0.2, -0.15) is 16.1 Å². The molecule has 1 heterocycles. The lowest BCUT2D eigenvalue weighted by Gasteiger charge is -2.29. The topological polar surface area (TPSA) is 63.4 Å². The van der Waals surface area contributed by atoms with Crippen LogP contribution in [-0.2, 0) is 10.0 Å². The molecule has 1 fully saturated rings. The third-order valence-electron chi connectivity index (χ3n) is 2.81. The number of nitrogen functional groups attached to an aromatic ring is 1. The fourth-order valence-corrected chi connectivity index (χ4v) is 4.59. The number of nitrogens with two attached hydrogens (primary N) is 1. The summed E-state index contributed by atoms with van der Waals surface area (Å²) in [5.74, 6) is 0.0632. The number of halogens is 1. The lowest BCUT2D eigenvalue weighted by atomic mass is 10.3. The quantitative estimate of drug-likeness (QED) is 0.839. The molecule has 0 saturated carbocycles. The number of hydrogen-bond acceptors (Lipinski definition) is 4. The Hall–Kier alpha value is -0.790. The van der Waals surface area contributed by atoms with Crippen LogP contribution in [0.15, 0.2) is 23.1 Å². The van der Waals surface area contributed by atoms with Crippen molar-refractivity contribution in [3.05, 3.63) is 24.0 Å². The molecule has 1 aliphatic heterocycles. The largest absolute Gasteiger partial charge is 0.396 e. The first kappa shape index (κ1) is 13.6. The van der Waals surface area contributed by atoms with Crippen LogP contribution in [0.25, 0.3) is 0 Å². The first-order valence-corrected chi connectivity index (χ1v) is 8.07.